The van der Waals surface area contributed by atoms with Gasteiger partial charge in [-0.25, -0.2) is 4.79 Å². The predicted octanol–water partition coefficient (Wildman–Crippen LogP) is 3.67. The van der Waals surface area contributed by atoms with Crippen LogP contribution in [0.2, 0.25) is 5.02 Å². The fourth-order valence-electron chi connectivity index (χ4n) is 3.79. The second-order valence-corrected chi connectivity index (χ2v) is 7.96. The second kappa shape index (κ2) is 9.43. The molecule has 0 amide bonds. The number of alkyl halides is 2. The molecule has 2 heterocycles. The number of hydrogen-bond donors (Lipinski definition) is 2. The molecule has 3 rings (SSSR count). The molecule has 2 N–H and O–H groups in total. The number of nitrogens with zero attached hydrogens (tertiary/aromatic N) is 1. The summed E-state index contributed by atoms with van der Waals surface area (Å²) >= 11 is 6.19. The van der Waals surface area contributed by atoms with E-state index in [1.807, 2.05) is 19.1 Å². The summed E-state index contributed by atoms with van der Waals surface area (Å²) in [5.74, 6) is -1.25. The lowest BCUT2D eigenvalue weighted by atomic mass is 9.88. The topological polar surface area (TPSA) is 79.2 Å². The van der Waals surface area contributed by atoms with E-state index in [9.17, 15) is 23.8 Å². The molecule has 9 heteroatoms. The molecule has 6 nitrogen and oxygen atoms in total. The van der Waals surface area contributed by atoms with Crippen LogP contribution < -0.4 is 0 Å². The Hall–Kier alpha value is -2.00. The SMILES string of the molecule is C[C@@H]1Cc2ccc(Cl)cc2C2=CC(O)N(C(C[C@H](C)OC(F)F)C(=O)O)C=C2CO1. The first-order valence-electron chi connectivity index (χ1n) is 9.61. The van der Waals surface area contributed by atoms with Crippen LogP contribution in [0.5, 0.6) is 0 Å². The quantitative estimate of drug-likeness (QED) is 0.698. The number of carboxylic acids is 1. The third-order valence-electron chi connectivity index (χ3n) is 5.20. The van der Waals surface area contributed by atoms with E-state index in [1.165, 1.54) is 18.0 Å². The first-order chi connectivity index (χ1) is 14.2. The molecule has 0 bridgehead atoms. The molecule has 2 aliphatic heterocycles. The number of carboxylic acid groups (broad SMARTS) is 1. The Morgan fingerprint density at radius 3 is 2.83 bits per heavy atom. The zero-order chi connectivity index (χ0) is 22.0. The van der Waals surface area contributed by atoms with E-state index in [0.717, 1.165) is 11.1 Å². The highest BCUT2D eigenvalue weighted by molar-refractivity contribution is 6.30. The molecule has 30 heavy (non-hydrogen) atoms. The number of carbonyl (C=O) groups is 1. The molecule has 2 aliphatic rings. The van der Waals surface area contributed by atoms with Crippen molar-refractivity contribution in [2.45, 2.75) is 57.8 Å². The Morgan fingerprint density at radius 2 is 2.17 bits per heavy atom. The van der Waals surface area contributed by atoms with Gasteiger partial charge in [0, 0.05) is 23.2 Å². The number of aliphatic hydroxyl groups is 1. The van der Waals surface area contributed by atoms with E-state index < -0.39 is 31.0 Å². The van der Waals surface area contributed by atoms with Gasteiger partial charge in [0.1, 0.15) is 12.3 Å². The highest BCUT2D eigenvalue weighted by atomic mass is 35.5. The largest absolute Gasteiger partial charge is 0.480 e. The summed E-state index contributed by atoms with van der Waals surface area (Å²) in [6.07, 6.45) is 1.13. The summed E-state index contributed by atoms with van der Waals surface area (Å²) in [7, 11) is 0. The van der Waals surface area contributed by atoms with Crippen molar-refractivity contribution in [1.82, 2.24) is 4.90 Å². The lowest BCUT2D eigenvalue weighted by Gasteiger charge is -2.37. The summed E-state index contributed by atoms with van der Waals surface area (Å²) in [6, 6.07) is 4.24. The summed E-state index contributed by atoms with van der Waals surface area (Å²) in [4.78, 5) is 13.1. The van der Waals surface area contributed by atoms with Gasteiger partial charge in [0.25, 0.3) is 0 Å². The van der Waals surface area contributed by atoms with Crippen LogP contribution in [0.25, 0.3) is 5.57 Å². The minimum atomic E-state index is -3.01. The molecule has 164 valence electrons. The second-order valence-electron chi connectivity index (χ2n) is 7.52. The number of aliphatic hydroxyl groups excluding tert-OH is 1. The van der Waals surface area contributed by atoms with Gasteiger partial charge in [0.05, 0.1) is 18.8 Å². The van der Waals surface area contributed by atoms with E-state index >= 15 is 0 Å². The van der Waals surface area contributed by atoms with Crippen molar-refractivity contribution in [1.29, 1.82) is 0 Å². The maximum absolute atomic E-state index is 12.5. The smallest absolute Gasteiger partial charge is 0.345 e. The van der Waals surface area contributed by atoms with Crippen molar-refractivity contribution in [3.63, 3.8) is 0 Å². The normalized spacial score (nSPS) is 23.5. The van der Waals surface area contributed by atoms with Crippen molar-refractivity contribution < 1.29 is 33.3 Å². The van der Waals surface area contributed by atoms with Gasteiger partial charge >= 0.3 is 12.6 Å². The van der Waals surface area contributed by atoms with Crippen molar-refractivity contribution in [2.24, 2.45) is 0 Å². The van der Waals surface area contributed by atoms with Crippen molar-refractivity contribution in [3.05, 3.63) is 52.2 Å². The Bertz CT molecular complexity index is 860. The average molecular weight is 444 g/mol. The van der Waals surface area contributed by atoms with Crippen LogP contribution >= 0.6 is 11.6 Å². The van der Waals surface area contributed by atoms with Crippen molar-refractivity contribution in [2.75, 3.05) is 6.61 Å². The first kappa shape index (κ1) is 22.7. The molecule has 0 radical (unpaired) electrons. The number of fused-ring (bicyclic) bond motifs is 3. The number of benzene rings is 1. The summed E-state index contributed by atoms with van der Waals surface area (Å²) in [6.45, 7) is 0.503. The number of rotatable bonds is 6. The molecule has 0 saturated heterocycles. The molecule has 4 atom stereocenters. The maximum Gasteiger partial charge on any atom is 0.345 e. The number of hydrogen-bond acceptors (Lipinski definition) is 5. The molecular formula is C21H24ClF2NO5. The molecule has 0 aromatic heterocycles. The summed E-state index contributed by atoms with van der Waals surface area (Å²) in [5, 5.41) is 20.9. The Kier molecular flexibility index (Phi) is 7.13. The van der Waals surface area contributed by atoms with E-state index in [0.29, 0.717) is 22.6 Å². The molecule has 0 fully saturated rings. The lowest BCUT2D eigenvalue weighted by Crippen LogP contribution is -2.47. The van der Waals surface area contributed by atoms with E-state index in [4.69, 9.17) is 16.3 Å². The van der Waals surface area contributed by atoms with Gasteiger partial charge in [0.15, 0.2) is 0 Å². The third kappa shape index (κ3) is 5.18. The average Bonchev–Trinajstić information content (AvgIpc) is 2.65. The fraction of sp³-hybridized carbons (Fsp3) is 0.476. The zero-order valence-electron chi connectivity index (χ0n) is 16.6. The minimum absolute atomic E-state index is 0.0811. The van der Waals surface area contributed by atoms with Crippen molar-refractivity contribution in [3.8, 4) is 0 Å². The minimum Gasteiger partial charge on any atom is -0.480 e. The highest BCUT2D eigenvalue weighted by Gasteiger charge is 2.34. The van der Waals surface area contributed by atoms with Gasteiger partial charge in [-0.3, -0.25) is 0 Å². The van der Waals surface area contributed by atoms with Crippen LogP contribution in [0.4, 0.5) is 8.78 Å². The van der Waals surface area contributed by atoms with E-state index in [-0.39, 0.29) is 19.1 Å². The fourth-order valence-corrected chi connectivity index (χ4v) is 3.97. The van der Waals surface area contributed by atoms with Crippen LogP contribution in [0.15, 0.2) is 36.0 Å². The standard InChI is InChI=1S/C21H24ClF2NO5/c1-11-5-13-3-4-15(22)7-16(13)17-8-19(26)25(9-14(17)10-29-11)18(20(27)28)6-12(2)30-21(23)24/h3-4,7-9,11-12,18-19,21,26H,5-6,10H2,1-2H3,(H,27,28)/t11-,12+,18?,19?/m1/s1. The molecule has 0 spiro atoms. The van der Waals surface area contributed by atoms with Crippen LogP contribution in [0, 0.1) is 0 Å². The van der Waals surface area contributed by atoms with E-state index in [2.05, 4.69) is 4.74 Å². The van der Waals surface area contributed by atoms with Gasteiger partial charge in [0.2, 0.25) is 0 Å². The molecule has 0 aliphatic carbocycles. The van der Waals surface area contributed by atoms with Crippen LogP contribution in [-0.4, -0.2) is 58.8 Å². The monoisotopic (exact) mass is 443 g/mol. The first-order valence-corrected chi connectivity index (χ1v) is 9.98. The third-order valence-corrected chi connectivity index (χ3v) is 5.44. The number of ether oxygens (including phenoxy) is 2. The molecule has 1 aromatic carbocycles. The van der Waals surface area contributed by atoms with Gasteiger partial charge in [-0.1, -0.05) is 17.7 Å². The Morgan fingerprint density at radius 1 is 1.43 bits per heavy atom. The predicted molar refractivity (Wildman–Crippen MR) is 107 cm³/mol. The Labute approximate surface area is 178 Å². The van der Waals surface area contributed by atoms with Gasteiger partial charge in [-0.05, 0) is 55.2 Å². The van der Waals surface area contributed by atoms with Crippen LogP contribution in [-0.2, 0) is 20.7 Å². The van der Waals surface area contributed by atoms with Gasteiger partial charge in [-0.15, -0.1) is 0 Å². The number of aliphatic carboxylic acids is 1. The zero-order valence-corrected chi connectivity index (χ0v) is 17.4. The highest BCUT2D eigenvalue weighted by Crippen LogP contribution is 2.36. The van der Waals surface area contributed by atoms with Crippen molar-refractivity contribution >= 4 is 23.1 Å². The van der Waals surface area contributed by atoms with Crippen LogP contribution in [0.1, 0.15) is 31.4 Å². The summed E-state index contributed by atoms with van der Waals surface area (Å²) in [5.41, 5.74) is 3.23. The van der Waals surface area contributed by atoms with Gasteiger partial charge < -0.3 is 24.6 Å². The molecule has 2 unspecified atom stereocenters. The summed E-state index contributed by atoms with van der Waals surface area (Å²) < 4.78 is 35.2. The van der Waals surface area contributed by atoms with E-state index in [1.54, 1.807) is 12.1 Å². The molecule has 0 saturated carbocycles. The maximum atomic E-state index is 12.5. The number of halogens is 3. The van der Waals surface area contributed by atoms with Crippen LogP contribution in [0.3, 0.4) is 0 Å². The lowest BCUT2D eigenvalue weighted by molar-refractivity contribution is -0.169. The molecule has 1 aromatic rings. The van der Waals surface area contributed by atoms with Gasteiger partial charge in [-0.2, -0.15) is 8.78 Å². The molecular weight excluding hydrogens is 420 g/mol. The Balaban J connectivity index is 1.96.